The van der Waals surface area contributed by atoms with Crippen LogP contribution >= 0.6 is 0 Å². The lowest BCUT2D eigenvalue weighted by Gasteiger charge is -2.12. The van der Waals surface area contributed by atoms with Crippen LogP contribution in [0.4, 0.5) is 5.69 Å². The summed E-state index contributed by atoms with van der Waals surface area (Å²) in [6.07, 6.45) is 0.420. The van der Waals surface area contributed by atoms with Crippen molar-refractivity contribution in [2.24, 2.45) is 5.92 Å². The number of nitriles is 1. The Kier molecular flexibility index (Phi) is 4.53. The number of carbonyl (C=O) groups is 1. The molecule has 1 aromatic carbocycles. The molecule has 0 atom stereocenters. The van der Waals surface area contributed by atoms with Crippen LogP contribution in [0.3, 0.4) is 0 Å². The summed E-state index contributed by atoms with van der Waals surface area (Å²) in [7, 11) is 1.51. The van der Waals surface area contributed by atoms with Gasteiger partial charge < -0.3 is 10.1 Å². The van der Waals surface area contributed by atoms with Crippen molar-refractivity contribution in [2.45, 2.75) is 20.3 Å². The second-order valence-electron chi connectivity index (χ2n) is 4.14. The minimum atomic E-state index is -0.110. The molecule has 0 saturated heterocycles. The molecule has 4 heteroatoms. The van der Waals surface area contributed by atoms with Gasteiger partial charge in [0.05, 0.1) is 12.7 Å². The number of hydrogen-bond donors (Lipinski definition) is 1. The molecule has 4 nitrogen and oxygen atoms in total. The van der Waals surface area contributed by atoms with Crippen LogP contribution in [-0.2, 0) is 4.79 Å². The zero-order chi connectivity index (χ0) is 12.8. The van der Waals surface area contributed by atoms with E-state index in [-0.39, 0.29) is 11.8 Å². The van der Waals surface area contributed by atoms with Gasteiger partial charge in [-0.3, -0.25) is 4.79 Å². The van der Waals surface area contributed by atoms with Crippen molar-refractivity contribution in [3.05, 3.63) is 23.8 Å². The summed E-state index contributed by atoms with van der Waals surface area (Å²) < 4.78 is 5.13. The van der Waals surface area contributed by atoms with E-state index in [1.807, 2.05) is 19.9 Å². The van der Waals surface area contributed by atoms with Gasteiger partial charge in [-0.25, -0.2) is 0 Å². The highest BCUT2D eigenvalue weighted by molar-refractivity contribution is 5.94. The van der Waals surface area contributed by atoms with Crippen LogP contribution in [0.15, 0.2) is 18.2 Å². The Morgan fingerprint density at radius 1 is 1.53 bits per heavy atom. The van der Waals surface area contributed by atoms with E-state index in [0.29, 0.717) is 23.4 Å². The molecule has 0 aliphatic heterocycles. The Labute approximate surface area is 101 Å². The lowest BCUT2D eigenvalue weighted by molar-refractivity contribution is -0.116. The Hall–Kier alpha value is -2.02. The number of ether oxygens (including phenoxy) is 1. The minimum Gasteiger partial charge on any atom is -0.495 e. The third kappa shape index (κ3) is 3.49. The van der Waals surface area contributed by atoms with Gasteiger partial charge in [0.2, 0.25) is 5.91 Å². The summed E-state index contributed by atoms with van der Waals surface area (Å²) in [6.45, 7) is 3.93. The molecule has 1 aromatic rings. The molecule has 0 aliphatic carbocycles. The predicted molar refractivity (Wildman–Crippen MR) is 65.8 cm³/mol. The Morgan fingerprint density at radius 2 is 2.24 bits per heavy atom. The van der Waals surface area contributed by atoms with Crippen molar-refractivity contribution in [1.82, 2.24) is 0 Å². The molecule has 0 radical (unpaired) electrons. The molecular weight excluding hydrogens is 216 g/mol. The molecule has 0 bridgehead atoms. The number of carbonyl (C=O) groups excluding carboxylic acids is 1. The van der Waals surface area contributed by atoms with Gasteiger partial charge in [-0.05, 0) is 18.1 Å². The van der Waals surface area contributed by atoms with Crippen LogP contribution < -0.4 is 10.1 Å². The van der Waals surface area contributed by atoms with Gasteiger partial charge in [-0.15, -0.1) is 0 Å². The lowest BCUT2D eigenvalue weighted by Crippen LogP contribution is -2.15. The molecule has 0 unspecified atom stereocenters. The highest BCUT2D eigenvalue weighted by Gasteiger charge is 2.12. The number of anilines is 1. The predicted octanol–water partition coefficient (Wildman–Crippen LogP) is 2.55. The zero-order valence-corrected chi connectivity index (χ0v) is 10.3. The van der Waals surface area contributed by atoms with Gasteiger partial charge in [0.1, 0.15) is 17.5 Å². The standard InChI is InChI=1S/C13H16N2O2/c1-9(2)7-12(16)15-13-10(8-14)5-4-6-11(13)17-3/h4-6,9H,7H2,1-3H3,(H,15,16). The average molecular weight is 232 g/mol. The number of para-hydroxylation sites is 1. The molecule has 0 heterocycles. The number of nitrogens with one attached hydrogen (secondary N) is 1. The second-order valence-corrected chi connectivity index (χ2v) is 4.14. The lowest BCUT2D eigenvalue weighted by atomic mass is 10.1. The molecular formula is C13H16N2O2. The fraction of sp³-hybridized carbons (Fsp3) is 0.385. The van der Waals surface area contributed by atoms with E-state index in [2.05, 4.69) is 5.32 Å². The van der Waals surface area contributed by atoms with Gasteiger partial charge in [-0.2, -0.15) is 5.26 Å². The Morgan fingerprint density at radius 3 is 2.76 bits per heavy atom. The average Bonchev–Trinajstić information content (AvgIpc) is 2.28. The molecule has 1 rings (SSSR count). The summed E-state index contributed by atoms with van der Waals surface area (Å²) in [5, 5.41) is 11.7. The van der Waals surface area contributed by atoms with Crippen LogP contribution in [0.2, 0.25) is 0 Å². The van der Waals surface area contributed by atoms with Gasteiger partial charge in [0.25, 0.3) is 0 Å². The van der Waals surface area contributed by atoms with Crippen LogP contribution in [0.1, 0.15) is 25.8 Å². The maximum absolute atomic E-state index is 11.7. The maximum Gasteiger partial charge on any atom is 0.224 e. The number of rotatable bonds is 4. The van der Waals surface area contributed by atoms with Crippen molar-refractivity contribution in [3.63, 3.8) is 0 Å². The molecule has 0 saturated carbocycles. The molecule has 1 N–H and O–H groups in total. The summed E-state index contributed by atoms with van der Waals surface area (Å²) in [5.41, 5.74) is 0.851. The van der Waals surface area contributed by atoms with E-state index in [0.717, 1.165) is 0 Å². The van der Waals surface area contributed by atoms with Crippen molar-refractivity contribution in [1.29, 1.82) is 5.26 Å². The summed E-state index contributed by atoms with van der Waals surface area (Å²) in [4.78, 5) is 11.7. The molecule has 17 heavy (non-hydrogen) atoms. The quantitative estimate of drug-likeness (QED) is 0.867. The SMILES string of the molecule is COc1cccc(C#N)c1NC(=O)CC(C)C. The Balaban J connectivity index is 2.96. The van der Waals surface area contributed by atoms with Crippen molar-refractivity contribution in [3.8, 4) is 11.8 Å². The first kappa shape index (κ1) is 13.0. The number of methoxy groups -OCH3 is 1. The van der Waals surface area contributed by atoms with Gasteiger partial charge in [0.15, 0.2) is 0 Å². The van der Waals surface area contributed by atoms with Crippen molar-refractivity contribution < 1.29 is 9.53 Å². The van der Waals surface area contributed by atoms with Crippen LogP contribution in [0.25, 0.3) is 0 Å². The molecule has 90 valence electrons. The van der Waals surface area contributed by atoms with Gasteiger partial charge in [0, 0.05) is 6.42 Å². The number of hydrogen-bond acceptors (Lipinski definition) is 3. The molecule has 0 fully saturated rings. The Bertz CT molecular complexity index is 447. The van der Waals surface area contributed by atoms with E-state index < -0.39 is 0 Å². The smallest absolute Gasteiger partial charge is 0.224 e. The number of amides is 1. The van der Waals surface area contributed by atoms with Crippen LogP contribution in [0.5, 0.6) is 5.75 Å². The zero-order valence-electron chi connectivity index (χ0n) is 10.3. The first-order valence-electron chi connectivity index (χ1n) is 5.45. The van der Waals surface area contributed by atoms with E-state index >= 15 is 0 Å². The van der Waals surface area contributed by atoms with E-state index in [1.54, 1.807) is 18.2 Å². The summed E-state index contributed by atoms with van der Waals surface area (Å²) in [5.74, 6) is 0.664. The molecule has 0 aliphatic rings. The van der Waals surface area contributed by atoms with Crippen LogP contribution in [0, 0.1) is 17.2 Å². The highest BCUT2D eigenvalue weighted by Crippen LogP contribution is 2.28. The first-order valence-corrected chi connectivity index (χ1v) is 5.45. The fourth-order valence-electron chi connectivity index (χ4n) is 1.48. The monoisotopic (exact) mass is 232 g/mol. The van der Waals surface area contributed by atoms with Crippen LogP contribution in [-0.4, -0.2) is 13.0 Å². The molecule has 0 aromatic heterocycles. The topological polar surface area (TPSA) is 62.1 Å². The number of benzene rings is 1. The maximum atomic E-state index is 11.7. The van der Waals surface area contributed by atoms with Crippen molar-refractivity contribution >= 4 is 11.6 Å². The summed E-state index contributed by atoms with van der Waals surface area (Å²) in [6, 6.07) is 7.11. The van der Waals surface area contributed by atoms with Gasteiger partial charge in [-0.1, -0.05) is 19.9 Å². The molecule has 1 amide bonds. The normalized spacial score (nSPS) is 9.82. The fourth-order valence-corrected chi connectivity index (χ4v) is 1.48. The van der Waals surface area contributed by atoms with E-state index in [1.165, 1.54) is 7.11 Å². The van der Waals surface area contributed by atoms with Crippen molar-refractivity contribution in [2.75, 3.05) is 12.4 Å². The third-order valence-electron chi connectivity index (χ3n) is 2.22. The highest BCUT2D eigenvalue weighted by atomic mass is 16.5. The van der Waals surface area contributed by atoms with E-state index in [9.17, 15) is 4.79 Å². The van der Waals surface area contributed by atoms with E-state index in [4.69, 9.17) is 10.00 Å². The number of nitrogens with zero attached hydrogens (tertiary/aromatic N) is 1. The largest absolute Gasteiger partial charge is 0.495 e. The minimum absolute atomic E-state index is 0.110. The third-order valence-corrected chi connectivity index (χ3v) is 2.22. The van der Waals surface area contributed by atoms with Gasteiger partial charge >= 0.3 is 0 Å². The second kappa shape index (κ2) is 5.90. The first-order chi connectivity index (χ1) is 8.08. The molecule has 0 spiro atoms. The summed E-state index contributed by atoms with van der Waals surface area (Å²) >= 11 is 0.